The number of hydrogen-bond acceptors (Lipinski definition) is 5. The number of nitro benzene ring substituents is 1. The van der Waals surface area contributed by atoms with Gasteiger partial charge in [0, 0.05) is 0 Å². The Labute approximate surface area is 87.8 Å². The van der Waals surface area contributed by atoms with Crippen molar-refractivity contribution >= 4 is 28.9 Å². The van der Waals surface area contributed by atoms with E-state index in [1.165, 1.54) is 0 Å². The minimum Gasteiger partial charge on any atom is -0.501 e. The monoisotopic (exact) mass is 232 g/mol. The minimum absolute atomic E-state index is 0.437. The van der Waals surface area contributed by atoms with E-state index in [9.17, 15) is 20.0 Å². The Balaban J connectivity index is 3.63. The van der Waals surface area contributed by atoms with Crippen molar-refractivity contribution in [3.63, 3.8) is 0 Å². The van der Waals surface area contributed by atoms with Crippen LogP contribution in [0.25, 0.3) is 0 Å². The molecule has 4 N–H and O–H groups in total. The number of aromatic hydroxyl groups is 1. The zero-order chi connectivity index (χ0) is 11.7. The van der Waals surface area contributed by atoms with Crippen LogP contribution in [-0.4, -0.2) is 21.1 Å². The molecule has 0 spiro atoms. The SMILES string of the molecule is Nc1c(C(=O)O)cc(Cl)c(O)c1[N+](=O)[O-]. The summed E-state index contributed by atoms with van der Waals surface area (Å²) in [5.41, 5.74) is 3.16. The zero-order valence-electron chi connectivity index (χ0n) is 7.10. The number of carbonyl (C=O) groups is 1. The Kier molecular flexibility index (Phi) is 2.67. The zero-order valence-corrected chi connectivity index (χ0v) is 7.85. The number of aromatic carboxylic acids is 1. The molecule has 0 aliphatic rings. The van der Waals surface area contributed by atoms with E-state index >= 15 is 0 Å². The standard InChI is InChI=1S/C7H5ClN2O5/c8-3-1-2(7(12)13)4(9)5(6(3)11)10(14)15/h1,11H,9H2,(H,12,13). The van der Waals surface area contributed by atoms with Gasteiger partial charge in [-0.25, -0.2) is 4.79 Å². The van der Waals surface area contributed by atoms with Gasteiger partial charge in [0.1, 0.15) is 5.69 Å². The van der Waals surface area contributed by atoms with Crippen LogP contribution in [0.15, 0.2) is 6.07 Å². The van der Waals surface area contributed by atoms with Crippen LogP contribution in [0.1, 0.15) is 10.4 Å². The highest BCUT2D eigenvalue weighted by Crippen LogP contribution is 2.40. The highest BCUT2D eigenvalue weighted by molar-refractivity contribution is 6.33. The van der Waals surface area contributed by atoms with Gasteiger partial charge in [0.15, 0.2) is 0 Å². The number of nitrogens with zero attached hydrogens (tertiary/aromatic N) is 1. The van der Waals surface area contributed by atoms with E-state index < -0.39 is 38.6 Å². The number of halogens is 1. The van der Waals surface area contributed by atoms with E-state index in [0.717, 1.165) is 6.07 Å². The van der Waals surface area contributed by atoms with Crippen LogP contribution in [0.3, 0.4) is 0 Å². The number of carboxylic acids is 1. The lowest BCUT2D eigenvalue weighted by Gasteiger charge is -2.05. The molecule has 1 rings (SSSR count). The third-order valence-corrected chi connectivity index (χ3v) is 1.97. The molecule has 0 bridgehead atoms. The molecule has 1 aromatic carbocycles. The number of rotatable bonds is 2. The quantitative estimate of drug-likeness (QED) is 0.400. The number of anilines is 1. The maximum Gasteiger partial charge on any atom is 0.338 e. The molecule has 8 heteroatoms. The number of phenolic OH excluding ortho intramolecular Hbond substituents is 1. The highest BCUT2D eigenvalue weighted by Gasteiger charge is 2.26. The summed E-state index contributed by atoms with van der Waals surface area (Å²) in [6.07, 6.45) is 0. The number of nitrogens with two attached hydrogens (primary N) is 1. The van der Waals surface area contributed by atoms with Gasteiger partial charge in [0.2, 0.25) is 5.75 Å². The summed E-state index contributed by atoms with van der Waals surface area (Å²) in [5.74, 6) is -2.30. The third-order valence-electron chi connectivity index (χ3n) is 1.68. The van der Waals surface area contributed by atoms with E-state index in [4.69, 9.17) is 22.4 Å². The van der Waals surface area contributed by atoms with Crippen LogP contribution in [0.4, 0.5) is 11.4 Å². The van der Waals surface area contributed by atoms with Crippen molar-refractivity contribution in [2.45, 2.75) is 0 Å². The lowest BCUT2D eigenvalue weighted by Crippen LogP contribution is -2.06. The molecular formula is C7H5ClN2O5. The van der Waals surface area contributed by atoms with Gasteiger partial charge in [0.05, 0.1) is 15.5 Å². The number of nitro groups is 1. The average molecular weight is 233 g/mol. The van der Waals surface area contributed by atoms with E-state index in [2.05, 4.69) is 0 Å². The molecule has 0 saturated carbocycles. The fourth-order valence-corrected chi connectivity index (χ4v) is 1.20. The van der Waals surface area contributed by atoms with Crippen molar-refractivity contribution in [2.24, 2.45) is 0 Å². The summed E-state index contributed by atoms with van der Waals surface area (Å²) in [6.45, 7) is 0. The number of phenols is 1. The summed E-state index contributed by atoms with van der Waals surface area (Å²) >= 11 is 5.41. The first-order valence-electron chi connectivity index (χ1n) is 3.55. The van der Waals surface area contributed by atoms with Crippen LogP contribution >= 0.6 is 11.6 Å². The molecule has 80 valence electrons. The van der Waals surface area contributed by atoms with Crippen LogP contribution in [0.5, 0.6) is 5.75 Å². The molecule has 0 heterocycles. The molecule has 0 fully saturated rings. The van der Waals surface area contributed by atoms with Crippen molar-refractivity contribution < 1.29 is 19.9 Å². The molecule has 0 aromatic heterocycles. The Hall–Kier alpha value is -2.02. The second-order valence-electron chi connectivity index (χ2n) is 2.58. The third kappa shape index (κ3) is 1.77. The van der Waals surface area contributed by atoms with Crippen molar-refractivity contribution in [3.8, 4) is 5.75 Å². The van der Waals surface area contributed by atoms with Gasteiger partial charge in [-0.05, 0) is 6.07 Å². The maximum absolute atomic E-state index is 10.6. The largest absolute Gasteiger partial charge is 0.501 e. The number of carboxylic acid groups (broad SMARTS) is 1. The Morgan fingerprint density at radius 2 is 2.13 bits per heavy atom. The van der Waals surface area contributed by atoms with Crippen LogP contribution < -0.4 is 5.73 Å². The lowest BCUT2D eigenvalue weighted by atomic mass is 10.1. The van der Waals surface area contributed by atoms with Gasteiger partial charge in [-0.15, -0.1) is 0 Å². The van der Waals surface area contributed by atoms with E-state index in [1.54, 1.807) is 0 Å². The molecule has 1 aromatic rings. The summed E-state index contributed by atoms with van der Waals surface area (Å²) in [4.78, 5) is 20.1. The Morgan fingerprint density at radius 1 is 1.60 bits per heavy atom. The molecule has 0 aliphatic heterocycles. The molecule has 0 unspecified atom stereocenters. The lowest BCUT2D eigenvalue weighted by molar-refractivity contribution is -0.384. The van der Waals surface area contributed by atoms with Gasteiger partial charge in [-0.1, -0.05) is 11.6 Å². The van der Waals surface area contributed by atoms with Crippen LogP contribution in [0, 0.1) is 10.1 Å². The van der Waals surface area contributed by atoms with Gasteiger partial charge in [-0.2, -0.15) is 0 Å². The van der Waals surface area contributed by atoms with Gasteiger partial charge in [-0.3, -0.25) is 10.1 Å². The van der Waals surface area contributed by atoms with Gasteiger partial charge < -0.3 is 15.9 Å². The van der Waals surface area contributed by atoms with Crippen LogP contribution in [0.2, 0.25) is 5.02 Å². The number of hydrogen-bond donors (Lipinski definition) is 3. The second kappa shape index (κ2) is 3.62. The number of benzene rings is 1. The average Bonchev–Trinajstić information content (AvgIpc) is 2.10. The van der Waals surface area contributed by atoms with Crippen molar-refractivity contribution in [1.29, 1.82) is 0 Å². The molecule has 7 nitrogen and oxygen atoms in total. The molecule has 0 amide bonds. The second-order valence-corrected chi connectivity index (χ2v) is 2.99. The highest BCUT2D eigenvalue weighted by atomic mass is 35.5. The van der Waals surface area contributed by atoms with Crippen LogP contribution in [-0.2, 0) is 0 Å². The Bertz CT molecular complexity index is 459. The first-order valence-corrected chi connectivity index (χ1v) is 3.92. The summed E-state index contributed by atoms with van der Waals surface area (Å²) in [5, 5.41) is 27.9. The first-order chi connectivity index (χ1) is 6.86. The van der Waals surface area contributed by atoms with E-state index in [0.29, 0.717) is 0 Å². The summed E-state index contributed by atoms with van der Waals surface area (Å²) < 4.78 is 0. The summed E-state index contributed by atoms with van der Waals surface area (Å²) in [7, 11) is 0. The van der Waals surface area contributed by atoms with Crippen molar-refractivity contribution in [3.05, 3.63) is 26.8 Å². The van der Waals surface area contributed by atoms with E-state index in [-0.39, 0.29) is 0 Å². The topological polar surface area (TPSA) is 127 Å². The van der Waals surface area contributed by atoms with Crippen molar-refractivity contribution in [2.75, 3.05) is 5.73 Å². The normalized spacial score (nSPS) is 9.93. The van der Waals surface area contributed by atoms with Gasteiger partial charge >= 0.3 is 11.7 Å². The predicted octanol–water partition coefficient (Wildman–Crippen LogP) is 1.23. The number of nitrogen functional groups attached to an aromatic ring is 1. The molecule has 0 aliphatic carbocycles. The molecule has 0 atom stereocenters. The maximum atomic E-state index is 10.6. The van der Waals surface area contributed by atoms with Crippen molar-refractivity contribution in [1.82, 2.24) is 0 Å². The fourth-order valence-electron chi connectivity index (χ4n) is 1.00. The molecule has 15 heavy (non-hydrogen) atoms. The molecule has 0 radical (unpaired) electrons. The fraction of sp³-hybridized carbons (Fsp3) is 0. The predicted molar refractivity (Wildman–Crippen MR) is 51.1 cm³/mol. The molecular weight excluding hydrogens is 228 g/mol. The first kappa shape index (κ1) is 11.1. The minimum atomic E-state index is -1.46. The van der Waals surface area contributed by atoms with Gasteiger partial charge in [0.25, 0.3) is 0 Å². The molecule has 0 saturated heterocycles. The summed E-state index contributed by atoms with van der Waals surface area (Å²) in [6, 6.07) is 0.849. The van der Waals surface area contributed by atoms with E-state index in [1.807, 2.05) is 0 Å². The Morgan fingerprint density at radius 3 is 2.53 bits per heavy atom. The smallest absolute Gasteiger partial charge is 0.338 e.